The van der Waals surface area contributed by atoms with Gasteiger partial charge in [-0.05, 0) is 85.1 Å². The molecule has 2 saturated heterocycles. The second-order valence-corrected chi connectivity index (χ2v) is 18.6. The molecule has 4 aromatic rings. The number of halogens is 2. The number of allylic oxidation sites excluding steroid dienone is 1. The van der Waals surface area contributed by atoms with Crippen molar-refractivity contribution in [1.82, 2.24) is 24.1 Å². The number of nitrogens with zero attached hydrogens (tertiary/aromatic N) is 4. The monoisotopic (exact) mass is 778 g/mol. The molecular formula is C40H48Cl2N6O4S. The molecule has 2 unspecified atom stereocenters. The standard InChI is InChI=1S/C40H48Cl2N6O4S/c1-40(2)13-11-27(33(20-40)26-3-5-28(41)6-4-26)23-46-15-16-48(36(25-46)38-32-12-14-43-39(32)45-22-37(38)49)53(50,51)31-9-10-35(34(42)19-31)44-21-30-24-47(17-18-52-30)29-7-8-29/h3-6,9-10,12,14,19,22,29-30,36,44,49H,7-8,11,13,15-18,20-21,23-25H2,1-2H3,(H,43,45). The molecule has 4 heterocycles. The normalized spacial score (nSPS) is 23.5. The molecule has 3 N–H and O–H groups in total. The van der Waals surface area contributed by atoms with Gasteiger partial charge < -0.3 is 20.1 Å². The first-order valence-electron chi connectivity index (χ1n) is 18.7. The highest BCUT2D eigenvalue weighted by Gasteiger charge is 2.40. The number of hydrogen-bond donors (Lipinski definition) is 3. The van der Waals surface area contributed by atoms with Gasteiger partial charge in [0.1, 0.15) is 11.4 Å². The summed E-state index contributed by atoms with van der Waals surface area (Å²) < 4.78 is 36.8. The van der Waals surface area contributed by atoms with Crippen LogP contribution in [0.2, 0.25) is 10.0 Å². The molecule has 10 nitrogen and oxygen atoms in total. The van der Waals surface area contributed by atoms with E-state index in [1.54, 1.807) is 18.3 Å². The Balaban J connectivity index is 1.07. The molecule has 282 valence electrons. The average Bonchev–Trinajstić information content (AvgIpc) is 3.89. The van der Waals surface area contributed by atoms with Gasteiger partial charge in [-0.1, -0.05) is 54.8 Å². The fourth-order valence-electron chi connectivity index (χ4n) is 8.39. The minimum absolute atomic E-state index is 0.0348. The van der Waals surface area contributed by atoms with Crippen LogP contribution < -0.4 is 5.32 Å². The Labute approximate surface area is 322 Å². The van der Waals surface area contributed by atoms with Crippen LogP contribution in [0.5, 0.6) is 5.75 Å². The highest BCUT2D eigenvalue weighted by atomic mass is 35.5. The summed E-state index contributed by atoms with van der Waals surface area (Å²) >= 11 is 13.0. The van der Waals surface area contributed by atoms with Crippen molar-refractivity contribution in [2.45, 2.75) is 69.0 Å². The summed E-state index contributed by atoms with van der Waals surface area (Å²) in [4.78, 5) is 12.4. The van der Waals surface area contributed by atoms with E-state index in [1.807, 2.05) is 18.2 Å². The summed E-state index contributed by atoms with van der Waals surface area (Å²) in [5.74, 6) is -0.0348. The number of fused-ring (bicyclic) bond motifs is 1. The van der Waals surface area contributed by atoms with Gasteiger partial charge in [0.15, 0.2) is 0 Å². The summed E-state index contributed by atoms with van der Waals surface area (Å²) in [5.41, 5.74) is 5.85. The molecule has 13 heteroatoms. The lowest BCUT2D eigenvalue weighted by Gasteiger charge is -2.42. The lowest BCUT2D eigenvalue weighted by molar-refractivity contribution is -0.0241. The molecule has 0 radical (unpaired) electrons. The summed E-state index contributed by atoms with van der Waals surface area (Å²) in [5, 5.41) is 16.5. The van der Waals surface area contributed by atoms with Crippen LogP contribution in [0.3, 0.4) is 0 Å². The first-order valence-corrected chi connectivity index (χ1v) is 20.9. The zero-order chi connectivity index (χ0) is 36.9. The van der Waals surface area contributed by atoms with Crippen molar-refractivity contribution in [3.63, 3.8) is 0 Å². The Morgan fingerprint density at radius 3 is 2.64 bits per heavy atom. The predicted molar refractivity (Wildman–Crippen MR) is 211 cm³/mol. The smallest absolute Gasteiger partial charge is 0.243 e. The van der Waals surface area contributed by atoms with Gasteiger partial charge in [-0.3, -0.25) is 9.80 Å². The van der Waals surface area contributed by atoms with Crippen molar-refractivity contribution in [3.8, 4) is 5.75 Å². The Morgan fingerprint density at radius 1 is 1.06 bits per heavy atom. The number of piperazine rings is 1. The SMILES string of the molecule is CC1(C)CCC(CN2CCN(S(=O)(=O)c3ccc(NCC4CN(C5CC5)CCO4)c(Cl)c3)C(c3c(O)cnc4[nH]ccc34)C2)=C(c2ccc(Cl)cc2)C1. The van der Waals surface area contributed by atoms with Crippen LogP contribution in [-0.2, 0) is 14.8 Å². The lowest BCUT2D eigenvalue weighted by atomic mass is 9.72. The number of aromatic hydroxyl groups is 1. The van der Waals surface area contributed by atoms with Gasteiger partial charge in [0, 0.05) is 74.0 Å². The summed E-state index contributed by atoms with van der Waals surface area (Å²) in [6, 6.07) is 14.8. The molecule has 2 aliphatic carbocycles. The Hall–Kier alpha value is -3.16. The maximum Gasteiger partial charge on any atom is 0.243 e. The van der Waals surface area contributed by atoms with E-state index in [2.05, 4.69) is 51.1 Å². The number of benzene rings is 2. The predicted octanol–water partition coefficient (Wildman–Crippen LogP) is 7.56. The molecule has 2 aliphatic heterocycles. The van der Waals surface area contributed by atoms with E-state index >= 15 is 0 Å². The summed E-state index contributed by atoms with van der Waals surface area (Å²) in [6.45, 7) is 9.65. The molecule has 0 spiro atoms. The maximum atomic E-state index is 14.6. The molecule has 3 fully saturated rings. The zero-order valence-electron chi connectivity index (χ0n) is 30.3. The van der Waals surface area contributed by atoms with Gasteiger partial charge in [0.05, 0.1) is 40.6 Å². The third-order valence-electron chi connectivity index (χ3n) is 11.4. The fraction of sp³-hybridized carbons (Fsp3) is 0.475. The van der Waals surface area contributed by atoms with E-state index in [4.69, 9.17) is 27.9 Å². The molecule has 2 atom stereocenters. The van der Waals surface area contributed by atoms with Crippen LogP contribution in [0.15, 0.2) is 71.4 Å². The number of hydrogen-bond acceptors (Lipinski definition) is 8. The third-order valence-corrected chi connectivity index (χ3v) is 13.9. The number of H-pyrrole nitrogens is 1. The molecule has 8 rings (SSSR count). The molecule has 2 aromatic carbocycles. The Kier molecular flexibility index (Phi) is 10.3. The first-order chi connectivity index (χ1) is 25.4. The quantitative estimate of drug-likeness (QED) is 0.151. The molecule has 53 heavy (non-hydrogen) atoms. The van der Waals surface area contributed by atoms with Gasteiger partial charge in [-0.15, -0.1) is 0 Å². The number of ether oxygens (including phenoxy) is 1. The van der Waals surface area contributed by atoms with Gasteiger partial charge >= 0.3 is 0 Å². The Morgan fingerprint density at radius 2 is 1.87 bits per heavy atom. The highest BCUT2D eigenvalue weighted by molar-refractivity contribution is 7.89. The van der Waals surface area contributed by atoms with Crippen molar-refractivity contribution in [2.24, 2.45) is 5.41 Å². The summed E-state index contributed by atoms with van der Waals surface area (Å²) in [6.07, 6.45) is 8.71. The number of morpholine rings is 1. The molecule has 0 amide bonds. The zero-order valence-corrected chi connectivity index (χ0v) is 32.7. The maximum absolute atomic E-state index is 14.6. The van der Waals surface area contributed by atoms with Crippen molar-refractivity contribution in [3.05, 3.63) is 87.7 Å². The van der Waals surface area contributed by atoms with Crippen molar-refractivity contribution >= 4 is 55.5 Å². The number of nitrogens with one attached hydrogen (secondary N) is 2. The third kappa shape index (κ3) is 7.85. The fourth-order valence-corrected chi connectivity index (χ4v) is 10.4. The van der Waals surface area contributed by atoms with Crippen LogP contribution >= 0.6 is 23.2 Å². The van der Waals surface area contributed by atoms with Crippen LogP contribution in [0.25, 0.3) is 16.6 Å². The number of aromatic nitrogens is 2. The molecular weight excluding hydrogens is 731 g/mol. The van der Waals surface area contributed by atoms with E-state index in [1.165, 1.54) is 46.1 Å². The molecule has 4 aliphatic rings. The largest absolute Gasteiger partial charge is 0.506 e. The minimum Gasteiger partial charge on any atom is -0.506 e. The topological polar surface area (TPSA) is 114 Å². The molecule has 1 saturated carbocycles. The number of sulfonamides is 1. The second kappa shape index (κ2) is 14.8. The van der Waals surface area contributed by atoms with Gasteiger partial charge in [0.2, 0.25) is 10.0 Å². The highest BCUT2D eigenvalue weighted by Crippen LogP contribution is 2.45. The Bertz CT molecular complexity index is 2120. The molecule has 2 aromatic heterocycles. The van der Waals surface area contributed by atoms with Gasteiger partial charge in [-0.2, -0.15) is 4.31 Å². The van der Waals surface area contributed by atoms with Crippen molar-refractivity contribution in [1.29, 1.82) is 0 Å². The van der Waals surface area contributed by atoms with Crippen LogP contribution in [-0.4, -0.2) is 102 Å². The average molecular weight is 780 g/mol. The van der Waals surface area contributed by atoms with Crippen molar-refractivity contribution < 1.29 is 18.3 Å². The first kappa shape index (κ1) is 36.8. The number of pyridine rings is 1. The van der Waals surface area contributed by atoms with Crippen LogP contribution in [0, 0.1) is 5.41 Å². The lowest BCUT2D eigenvalue weighted by Crippen LogP contribution is -2.51. The van der Waals surface area contributed by atoms with Gasteiger partial charge in [-0.25, -0.2) is 13.4 Å². The van der Waals surface area contributed by atoms with Crippen molar-refractivity contribution in [2.75, 3.05) is 57.7 Å². The van der Waals surface area contributed by atoms with Crippen LogP contribution in [0.4, 0.5) is 5.69 Å². The van der Waals surface area contributed by atoms with E-state index in [9.17, 15) is 13.5 Å². The summed E-state index contributed by atoms with van der Waals surface area (Å²) in [7, 11) is -4.05. The second-order valence-electron chi connectivity index (χ2n) is 15.8. The van der Waals surface area contributed by atoms with E-state index in [0.717, 1.165) is 32.4 Å². The number of rotatable bonds is 10. The number of aromatic amines is 1. The van der Waals surface area contributed by atoms with Gasteiger partial charge in [0.25, 0.3) is 0 Å². The van der Waals surface area contributed by atoms with E-state index < -0.39 is 16.1 Å². The molecule has 0 bridgehead atoms. The number of anilines is 1. The van der Waals surface area contributed by atoms with E-state index in [0.29, 0.717) is 71.2 Å². The van der Waals surface area contributed by atoms with Crippen LogP contribution in [0.1, 0.15) is 63.1 Å². The van der Waals surface area contributed by atoms with E-state index in [-0.39, 0.29) is 28.7 Å². The minimum atomic E-state index is -4.05.